The molecule has 0 saturated heterocycles. The van der Waals surface area contributed by atoms with E-state index in [1.807, 2.05) is 31.2 Å². The van der Waals surface area contributed by atoms with E-state index >= 15 is 0 Å². The fourth-order valence-corrected chi connectivity index (χ4v) is 3.72. The van der Waals surface area contributed by atoms with E-state index in [0.29, 0.717) is 12.2 Å². The minimum atomic E-state index is -2.92. The SMILES string of the molecule is CC[C@@H](O)c1ccccc1SCCS(C)(=O)=O. The number of thioether (sulfide) groups is 1. The van der Waals surface area contributed by atoms with E-state index < -0.39 is 15.9 Å². The van der Waals surface area contributed by atoms with Crippen molar-refractivity contribution in [3.05, 3.63) is 29.8 Å². The summed E-state index contributed by atoms with van der Waals surface area (Å²) < 4.78 is 22.1. The fraction of sp³-hybridized carbons (Fsp3) is 0.500. The molecule has 0 radical (unpaired) electrons. The number of aliphatic hydroxyl groups is 1. The van der Waals surface area contributed by atoms with Crippen molar-refractivity contribution in [2.24, 2.45) is 0 Å². The van der Waals surface area contributed by atoms with Crippen LogP contribution in [0, 0.1) is 0 Å². The molecule has 1 rings (SSSR count). The van der Waals surface area contributed by atoms with Crippen LogP contribution in [0.4, 0.5) is 0 Å². The van der Waals surface area contributed by atoms with Gasteiger partial charge in [-0.25, -0.2) is 8.42 Å². The lowest BCUT2D eigenvalue weighted by molar-refractivity contribution is 0.171. The number of benzene rings is 1. The maximum Gasteiger partial charge on any atom is 0.148 e. The van der Waals surface area contributed by atoms with Gasteiger partial charge in [0.05, 0.1) is 11.9 Å². The summed E-state index contributed by atoms with van der Waals surface area (Å²) in [6, 6.07) is 7.58. The normalized spacial score (nSPS) is 13.6. The molecule has 0 spiro atoms. The highest BCUT2D eigenvalue weighted by Gasteiger charge is 2.11. The fourth-order valence-electron chi connectivity index (χ4n) is 1.41. The number of hydrogen-bond acceptors (Lipinski definition) is 4. The van der Waals surface area contributed by atoms with E-state index in [-0.39, 0.29) is 5.75 Å². The Morgan fingerprint density at radius 3 is 2.59 bits per heavy atom. The molecule has 0 amide bonds. The van der Waals surface area contributed by atoms with Crippen molar-refractivity contribution in [2.45, 2.75) is 24.3 Å². The van der Waals surface area contributed by atoms with Gasteiger partial charge in [0, 0.05) is 16.9 Å². The molecule has 1 atom stereocenters. The van der Waals surface area contributed by atoms with Crippen LogP contribution in [0.3, 0.4) is 0 Å². The molecular weight excluding hydrogens is 256 g/mol. The highest BCUT2D eigenvalue weighted by Crippen LogP contribution is 2.28. The van der Waals surface area contributed by atoms with Crippen LogP contribution in [0.5, 0.6) is 0 Å². The Morgan fingerprint density at radius 1 is 1.35 bits per heavy atom. The van der Waals surface area contributed by atoms with Gasteiger partial charge in [-0.1, -0.05) is 25.1 Å². The summed E-state index contributed by atoms with van der Waals surface area (Å²) >= 11 is 1.48. The summed E-state index contributed by atoms with van der Waals surface area (Å²) in [5.41, 5.74) is 0.883. The molecule has 1 N–H and O–H groups in total. The highest BCUT2D eigenvalue weighted by molar-refractivity contribution is 8.00. The monoisotopic (exact) mass is 274 g/mol. The lowest BCUT2D eigenvalue weighted by atomic mass is 10.1. The van der Waals surface area contributed by atoms with Crippen LogP contribution in [-0.4, -0.2) is 31.3 Å². The second-order valence-electron chi connectivity index (χ2n) is 3.94. The molecule has 0 aromatic heterocycles. The minimum Gasteiger partial charge on any atom is -0.388 e. The molecular formula is C12H18O3S2. The van der Waals surface area contributed by atoms with Crippen molar-refractivity contribution in [2.75, 3.05) is 17.8 Å². The predicted octanol–water partition coefficient (Wildman–Crippen LogP) is 2.27. The van der Waals surface area contributed by atoms with Crippen LogP contribution in [0.15, 0.2) is 29.2 Å². The van der Waals surface area contributed by atoms with Gasteiger partial charge in [-0.3, -0.25) is 0 Å². The minimum absolute atomic E-state index is 0.161. The summed E-state index contributed by atoms with van der Waals surface area (Å²) in [7, 11) is -2.92. The lowest BCUT2D eigenvalue weighted by Gasteiger charge is -2.13. The van der Waals surface area contributed by atoms with E-state index in [1.165, 1.54) is 18.0 Å². The van der Waals surface area contributed by atoms with Crippen LogP contribution in [0.25, 0.3) is 0 Å². The smallest absolute Gasteiger partial charge is 0.148 e. The molecule has 0 aliphatic rings. The van der Waals surface area contributed by atoms with Crippen LogP contribution < -0.4 is 0 Å². The number of rotatable bonds is 6. The molecule has 0 fully saturated rings. The van der Waals surface area contributed by atoms with Gasteiger partial charge in [0.15, 0.2) is 0 Å². The van der Waals surface area contributed by atoms with E-state index in [2.05, 4.69) is 0 Å². The number of aliphatic hydroxyl groups excluding tert-OH is 1. The molecule has 96 valence electrons. The van der Waals surface area contributed by atoms with Gasteiger partial charge in [0.25, 0.3) is 0 Å². The third-order valence-corrected chi connectivity index (χ3v) is 4.67. The van der Waals surface area contributed by atoms with Gasteiger partial charge in [0.2, 0.25) is 0 Å². The second-order valence-corrected chi connectivity index (χ2v) is 7.34. The summed E-state index contributed by atoms with van der Waals surface area (Å²) in [5, 5.41) is 9.84. The summed E-state index contributed by atoms with van der Waals surface area (Å²) in [4.78, 5) is 0.963. The molecule has 0 aliphatic carbocycles. The van der Waals surface area contributed by atoms with Crippen molar-refractivity contribution in [1.29, 1.82) is 0 Å². The first-order valence-corrected chi connectivity index (χ1v) is 8.56. The van der Waals surface area contributed by atoms with Crippen molar-refractivity contribution < 1.29 is 13.5 Å². The Balaban J connectivity index is 2.70. The van der Waals surface area contributed by atoms with E-state index in [9.17, 15) is 13.5 Å². The first-order chi connectivity index (χ1) is 7.94. The lowest BCUT2D eigenvalue weighted by Crippen LogP contribution is -2.05. The van der Waals surface area contributed by atoms with Gasteiger partial charge in [-0.2, -0.15) is 0 Å². The largest absolute Gasteiger partial charge is 0.388 e. The topological polar surface area (TPSA) is 54.4 Å². The maximum absolute atomic E-state index is 11.0. The zero-order chi connectivity index (χ0) is 12.9. The summed E-state index contributed by atoms with van der Waals surface area (Å²) in [6.45, 7) is 1.92. The zero-order valence-electron chi connectivity index (χ0n) is 10.1. The predicted molar refractivity (Wildman–Crippen MR) is 72.1 cm³/mol. The van der Waals surface area contributed by atoms with E-state index in [1.54, 1.807) is 0 Å². The van der Waals surface area contributed by atoms with Crippen LogP contribution in [0.1, 0.15) is 25.0 Å². The third-order valence-electron chi connectivity index (χ3n) is 2.38. The van der Waals surface area contributed by atoms with Crippen molar-refractivity contribution in [3.8, 4) is 0 Å². The zero-order valence-corrected chi connectivity index (χ0v) is 11.7. The van der Waals surface area contributed by atoms with Gasteiger partial charge < -0.3 is 5.11 Å². The Labute approximate surface area is 107 Å². The number of hydrogen-bond donors (Lipinski definition) is 1. The molecule has 5 heteroatoms. The molecule has 0 saturated carbocycles. The Bertz CT molecular complexity index is 455. The van der Waals surface area contributed by atoms with Gasteiger partial charge in [-0.05, 0) is 18.1 Å². The third kappa shape index (κ3) is 5.10. The quantitative estimate of drug-likeness (QED) is 0.809. The highest BCUT2D eigenvalue weighted by atomic mass is 32.2. The molecule has 17 heavy (non-hydrogen) atoms. The van der Waals surface area contributed by atoms with E-state index in [4.69, 9.17) is 0 Å². The molecule has 3 nitrogen and oxygen atoms in total. The molecule has 1 aromatic rings. The second kappa shape index (κ2) is 6.42. The molecule has 0 bridgehead atoms. The molecule has 0 heterocycles. The van der Waals surface area contributed by atoms with E-state index in [0.717, 1.165) is 10.5 Å². The Morgan fingerprint density at radius 2 is 2.00 bits per heavy atom. The Hall–Kier alpha value is -0.520. The van der Waals surface area contributed by atoms with Crippen LogP contribution in [0.2, 0.25) is 0 Å². The number of sulfone groups is 1. The van der Waals surface area contributed by atoms with Crippen LogP contribution in [-0.2, 0) is 9.84 Å². The average Bonchev–Trinajstić information content (AvgIpc) is 2.27. The first-order valence-electron chi connectivity index (χ1n) is 5.51. The first kappa shape index (κ1) is 14.5. The summed E-state index contributed by atoms with van der Waals surface area (Å²) in [5.74, 6) is 0.681. The van der Waals surface area contributed by atoms with Gasteiger partial charge in [0.1, 0.15) is 9.84 Å². The van der Waals surface area contributed by atoms with Crippen LogP contribution >= 0.6 is 11.8 Å². The molecule has 1 aromatic carbocycles. The average molecular weight is 274 g/mol. The standard InChI is InChI=1S/C12H18O3S2/c1-3-11(13)10-6-4-5-7-12(10)16-8-9-17(2,14)15/h4-7,11,13H,3,8-9H2,1-2H3/t11-/m1/s1. The van der Waals surface area contributed by atoms with Crippen molar-refractivity contribution >= 4 is 21.6 Å². The van der Waals surface area contributed by atoms with Crippen molar-refractivity contribution in [1.82, 2.24) is 0 Å². The van der Waals surface area contributed by atoms with Gasteiger partial charge in [-0.15, -0.1) is 11.8 Å². The molecule has 0 unspecified atom stereocenters. The Kier molecular flexibility index (Phi) is 5.49. The summed E-state index contributed by atoms with van der Waals surface area (Å²) in [6.07, 6.45) is 1.42. The molecule has 0 aliphatic heterocycles. The maximum atomic E-state index is 11.0. The van der Waals surface area contributed by atoms with Crippen molar-refractivity contribution in [3.63, 3.8) is 0 Å². The van der Waals surface area contributed by atoms with Gasteiger partial charge >= 0.3 is 0 Å².